The molecule has 1 fully saturated rings. The predicted octanol–water partition coefficient (Wildman–Crippen LogP) is 2.00. The maximum Gasteiger partial charge on any atom is 0.262 e. The number of benzene rings is 2. The van der Waals surface area contributed by atoms with E-state index in [2.05, 4.69) is 10.0 Å². The van der Waals surface area contributed by atoms with Crippen molar-refractivity contribution in [3.63, 3.8) is 0 Å². The van der Waals surface area contributed by atoms with Crippen molar-refractivity contribution in [3.05, 3.63) is 48.0 Å². The number of hydrogen-bond donors (Lipinski definition) is 2. The number of nitrogens with one attached hydrogen (secondary N) is 2. The molecule has 1 saturated heterocycles. The molecule has 4 rings (SSSR count). The van der Waals surface area contributed by atoms with E-state index in [0.29, 0.717) is 61.9 Å². The smallest absolute Gasteiger partial charge is 0.262 e. The molecule has 0 saturated carbocycles. The van der Waals surface area contributed by atoms with Gasteiger partial charge in [-0.15, -0.1) is 0 Å². The molecule has 2 aliphatic heterocycles. The van der Waals surface area contributed by atoms with E-state index in [1.54, 1.807) is 35.2 Å². The molecule has 2 aliphatic rings. The molecule has 2 aromatic rings. The molecule has 2 heterocycles. The fourth-order valence-electron chi connectivity index (χ4n) is 3.78. The average Bonchev–Trinajstić information content (AvgIpc) is 2.79. The van der Waals surface area contributed by atoms with Gasteiger partial charge in [-0.05, 0) is 49.2 Å². The summed E-state index contributed by atoms with van der Waals surface area (Å²) in [6.45, 7) is 3.39. The van der Waals surface area contributed by atoms with Crippen LogP contribution in [0.25, 0.3) is 0 Å². The first-order valence-electron chi connectivity index (χ1n) is 10.4. The van der Waals surface area contributed by atoms with Gasteiger partial charge in [0.2, 0.25) is 5.91 Å². The number of carbonyl (C=O) groups excluding carboxylic acids is 2. The molecule has 0 spiro atoms. The highest BCUT2D eigenvalue weighted by atomic mass is 32.2. The van der Waals surface area contributed by atoms with Gasteiger partial charge >= 0.3 is 0 Å². The number of carbonyl (C=O) groups is 2. The first-order valence-corrected chi connectivity index (χ1v) is 11.9. The number of fused-ring (bicyclic) bond motifs is 1. The van der Waals surface area contributed by atoms with Crippen molar-refractivity contribution < 1.29 is 27.5 Å². The van der Waals surface area contributed by atoms with Gasteiger partial charge in [-0.3, -0.25) is 14.3 Å². The van der Waals surface area contributed by atoms with Gasteiger partial charge in [0.25, 0.3) is 15.9 Å². The van der Waals surface area contributed by atoms with Crippen LogP contribution in [0.1, 0.15) is 30.1 Å². The first-order chi connectivity index (χ1) is 15.3. The van der Waals surface area contributed by atoms with E-state index in [9.17, 15) is 18.0 Å². The van der Waals surface area contributed by atoms with Crippen LogP contribution < -0.4 is 19.5 Å². The summed E-state index contributed by atoms with van der Waals surface area (Å²) in [6, 6.07) is 10.9. The summed E-state index contributed by atoms with van der Waals surface area (Å²) in [6.07, 6.45) is 1.41. The molecule has 10 heteroatoms. The second-order valence-electron chi connectivity index (χ2n) is 7.76. The zero-order chi connectivity index (χ0) is 22.7. The summed E-state index contributed by atoms with van der Waals surface area (Å²) in [5.41, 5.74) is 0.825. The SMILES string of the molecule is CC(=O)NC1CCN(C(=O)c2ccc(NS(=O)(=O)c3ccc4c(c3)OCCO4)cc2)CC1. The minimum absolute atomic E-state index is 0.0592. The van der Waals surface area contributed by atoms with Crippen molar-refractivity contribution in [2.45, 2.75) is 30.7 Å². The molecule has 32 heavy (non-hydrogen) atoms. The third-order valence-corrected chi connectivity index (χ3v) is 6.78. The number of anilines is 1. The van der Waals surface area contributed by atoms with E-state index < -0.39 is 10.0 Å². The van der Waals surface area contributed by atoms with E-state index in [1.165, 1.54) is 19.1 Å². The molecule has 0 aromatic heterocycles. The van der Waals surface area contributed by atoms with Crippen molar-refractivity contribution in [2.24, 2.45) is 0 Å². The molecule has 0 radical (unpaired) electrons. The van der Waals surface area contributed by atoms with E-state index >= 15 is 0 Å². The molecule has 170 valence electrons. The number of sulfonamides is 1. The van der Waals surface area contributed by atoms with Crippen molar-refractivity contribution in [1.82, 2.24) is 10.2 Å². The summed E-state index contributed by atoms with van der Waals surface area (Å²) in [5.74, 6) is 0.720. The van der Waals surface area contributed by atoms with Crippen molar-refractivity contribution in [3.8, 4) is 11.5 Å². The monoisotopic (exact) mass is 459 g/mol. The Morgan fingerprint density at radius 3 is 2.28 bits per heavy atom. The second-order valence-corrected chi connectivity index (χ2v) is 9.44. The summed E-state index contributed by atoms with van der Waals surface area (Å²) in [5, 5.41) is 2.88. The Bertz CT molecular complexity index is 1110. The number of hydrogen-bond acceptors (Lipinski definition) is 6. The summed E-state index contributed by atoms with van der Waals surface area (Å²) in [4.78, 5) is 25.7. The highest BCUT2D eigenvalue weighted by molar-refractivity contribution is 7.92. The van der Waals surface area contributed by atoms with Gasteiger partial charge in [0.1, 0.15) is 13.2 Å². The summed E-state index contributed by atoms with van der Waals surface area (Å²) in [7, 11) is -3.83. The van der Waals surface area contributed by atoms with Gasteiger partial charge < -0.3 is 19.7 Å². The summed E-state index contributed by atoms with van der Waals surface area (Å²) < 4.78 is 38.9. The lowest BCUT2D eigenvalue weighted by molar-refractivity contribution is -0.119. The minimum Gasteiger partial charge on any atom is -0.486 e. The Morgan fingerprint density at radius 2 is 1.62 bits per heavy atom. The van der Waals surface area contributed by atoms with Crippen molar-refractivity contribution in [2.75, 3.05) is 31.0 Å². The van der Waals surface area contributed by atoms with Crippen molar-refractivity contribution >= 4 is 27.5 Å². The van der Waals surface area contributed by atoms with Crippen LogP contribution in [0, 0.1) is 0 Å². The van der Waals surface area contributed by atoms with Crippen LogP contribution >= 0.6 is 0 Å². The second kappa shape index (κ2) is 9.07. The van der Waals surface area contributed by atoms with Gasteiger partial charge in [-0.25, -0.2) is 8.42 Å². The van der Waals surface area contributed by atoms with Gasteiger partial charge in [0.05, 0.1) is 4.90 Å². The molecule has 0 bridgehead atoms. The number of rotatable bonds is 5. The Balaban J connectivity index is 1.39. The Kier molecular flexibility index (Phi) is 6.22. The van der Waals surface area contributed by atoms with Gasteiger partial charge in [-0.1, -0.05) is 0 Å². The van der Waals surface area contributed by atoms with Crippen molar-refractivity contribution in [1.29, 1.82) is 0 Å². The largest absolute Gasteiger partial charge is 0.486 e. The molecule has 2 amide bonds. The van der Waals surface area contributed by atoms with E-state index in [1.807, 2.05) is 0 Å². The lowest BCUT2D eigenvalue weighted by atomic mass is 10.0. The Hall–Kier alpha value is -3.27. The lowest BCUT2D eigenvalue weighted by Crippen LogP contribution is -2.46. The molecular formula is C22H25N3O6S. The van der Waals surface area contributed by atoms with E-state index in [0.717, 1.165) is 0 Å². The van der Waals surface area contributed by atoms with Crippen LogP contribution in [0.5, 0.6) is 11.5 Å². The Morgan fingerprint density at radius 1 is 0.969 bits per heavy atom. The highest BCUT2D eigenvalue weighted by Gasteiger charge is 2.24. The zero-order valence-corrected chi connectivity index (χ0v) is 18.5. The predicted molar refractivity (Wildman–Crippen MR) is 117 cm³/mol. The standard InChI is InChI=1S/C22H25N3O6S/c1-15(26)23-17-8-10-25(11-9-17)22(27)16-2-4-18(5-3-16)24-32(28,29)19-6-7-20-21(14-19)31-13-12-30-20/h2-7,14,17,24H,8-13H2,1H3,(H,23,26). The van der Waals surface area contributed by atoms with Gasteiger partial charge in [0.15, 0.2) is 11.5 Å². The molecule has 9 nitrogen and oxygen atoms in total. The maximum absolute atomic E-state index is 12.8. The number of likely N-dealkylation sites (tertiary alicyclic amines) is 1. The quantitative estimate of drug-likeness (QED) is 0.707. The number of amides is 2. The Labute approximate surface area is 186 Å². The number of nitrogens with zero attached hydrogens (tertiary/aromatic N) is 1. The first kappa shape index (κ1) is 21.9. The van der Waals surface area contributed by atoms with Gasteiger partial charge in [0, 0.05) is 43.4 Å². The number of ether oxygens (including phenoxy) is 2. The topological polar surface area (TPSA) is 114 Å². The average molecular weight is 460 g/mol. The zero-order valence-electron chi connectivity index (χ0n) is 17.7. The molecule has 0 aliphatic carbocycles. The van der Waals surface area contributed by atoms with Crippen LogP contribution in [0.3, 0.4) is 0 Å². The lowest BCUT2D eigenvalue weighted by Gasteiger charge is -2.32. The fraction of sp³-hybridized carbons (Fsp3) is 0.364. The van der Waals surface area contributed by atoms with Crippen LogP contribution in [-0.2, 0) is 14.8 Å². The minimum atomic E-state index is -3.83. The fourth-order valence-corrected chi connectivity index (χ4v) is 4.86. The van der Waals surface area contributed by atoms with Gasteiger partial charge in [-0.2, -0.15) is 0 Å². The van der Waals surface area contributed by atoms with Crippen LogP contribution in [-0.4, -0.2) is 57.5 Å². The third kappa shape index (κ3) is 4.96. The van der Waals surface area contributed by atoms with Crippen LogP contribution in [0.4, 0.5) is 5.69 Å². The molecule has 0 atom stereocenters. The molecule has 0 unspecified atom stereocenters. The summed E-state index contributed by atoms with van der Waals surface area (Å²) >= 11 is 0. The van der Waals surface area contributed by atoms with E-state index in [4.69, 9.17) is 9.47 Å². The normalized spacial score (nSPS) is 16.3. The van der Waals surface area contributed by atoms with E-state index in [-0.39, 0.29) is 22.8 Å². The molecular weight excluding hydrogens is 434 g/mol. The third-order valence-electron chi connectivity index (χ3n) is 5.40. The van der Waals surface area contributed by atoms with Crippen LogP contribution in [0.15, 0.2) is 47.4 Å². The maximum atomic E-state index is 12.8. The molecule has 2 N–H and O–H groups in total. The highest BCUT2D eigenvalue weighted by Crippen LogP contribution is 2.32. The van der Waals surface area contributed by atoms with Crippen LogP contribution in [0.2, 0.25) is 0 Å². The number of piperidine rings is 1. The molecule has 2 aromatic carbocycles.